The molecule has 0 aromatic heterocycles. The summed E-state index contributed by atoms with van der Waals surface area (Å²) in [5, 5.41) is 0. The van der Waals surface area contributed by atoms with E-state index in [0.29, 0.717) is 16.7 Å². The zero-order valence-corrected chi connectivity index (χ0v) is 28.8. The topological polar surface area (TPSA) is 97.7 Å². The van der Waals surface area contributed by atoms with E-state index in [9.17, 15) is 21.4 Å². The Kier molecular flexibility index (Phi) is 9.14. The van der Waals surface area contributed by atoms with Crippen molar-refractivity contribution in [3.63, 3.8) is 0 Å². The monoisotopic (exact) mass is 708 g/mol. The Labute approximate surface area is 298 Å². The Bertz CT molecular complexity index is 2410. The van der Waals surface area contributed by atoms with Gasteiger partial charge in [0, 0.05) is 0 Å². The van der Waals surface area contributed by atoms with Crippen LogP contribution in [0.3, 0.4) is 0 Å². The molecule has 0 aliphatic rings. The van der Waals surface area contributed by atoms with Crippen molar-refractivity contribution in [2.24, 2.45) is 0 Å². The minimum absolute atomic E-state index is 0.193. The summed E-state index contributed by atoms with van der Waals surface area (Å²) in [6.07, 6.45) is 0. The Morgan fingerprint density at radius 2 is 0.902 bits per heavy atom. The van der Waals surface area contributed by atoms with Crippen molar-refractivity contribution in [2.45, 2.75) is 15.2 Å². The van der Waals surface area contributed by atoms with E-state index in [4.69, 9.17) is 4.18 Å². The van der Waals surface area contributed by atoms with Crippen molar-refractivity contribution in [3.05, 3.63) is 210 Å². The molecule has 1 N–H and O–H groups in total. The van der Waals surface area contributed by atoms with Gasteiger partial charge in [0.2, 0.25) is 0 Å². The van der Waals surface area contributed by atoms with Gasteiger partial charge in [-0.3, -0.25) is 4.55 Å². The Morgan fingerprint density at radius 3 is 1.37 bits per heavy atom. The molecule has 7 aromatic carbocycles. The molecule has 7 rings (SSSR count). The molecular weight excluding hydrogens is 677 g/mol. The van der Waals surface area contributed by atoms with Gasteiger partial charge in [0.05, 0.1) is 5.41 Å². The van der Waals surface area contributed by atoms with E-state index < -0.39 is 36.3 Å². The van der Waals surface area contributed by atoms with Gasteiger partial charge in [0.25, 0.3) is 10.1 Å². The van der Waals surface area contributed by atoms with Gasteiger partial charge in [-0.05, 0) is 68.8 Å². The fourth-order valence-corrected chi connectivity index (χ4v) is 8.32. The smallest absolute Gasteiger partial charge is 0.339 e. The molecular formula is C43H32O6S2. The molecule has 0 aliphatic carbocycles. The molecule has 0 aliphatic heterocycles. The maximum Gasteiger partial charge on any atom is 0.339 e. The minimum Gasteiger partial charge on any atom is -0.377 e. The van der Waals surface area contributed by atoms with E-state index >= 15 is 0 Å². The van der Waals surface area contributed by atoms with Crippen molar-refractivity contribution in [2.75, 3.05) is 0 Å². The van der Waals surface area contributed by atoms with Crippen molar-refractivity contribution >= 4 is 20.2 Å². The third-order valence-electron chi connectivity index (χ3n) is 8.92. The zero-order chi connectivity index (χ0) is 35.5. The van der Waals surface area contributed by atoms with E-state index in [2.05, 4.69) is 36.4 Å². The van der Waals surface area contributed by atoms with Crippen LogP contribution in [0.1, 0.15) is 22.3 Å². The van der Waals surface area contributed by atoms with Crippen molar-refractivity contribution in [3.8, 4) is 28.0 Å². The number of hydrogen-bond donors (Lipinski definition) is 1. The normalized spacial score (nSPS) is 11.9. The van der Waals surface area contributed by atoms with Crippen LogP contribution in [0.25, 0.3) is 22.3 Å². The van der Waals surface area contributed by atoms with Crippen LogP contribution in [0.2, 0.25) is 0 Å². The van der Waals surface area contributed by atoms with Gasteiger partial charge >= 0.3 is 10.1 Å². The molecule has 0 atom stereocenters. The van der Waals surface area contributed by atoms with E-state index in [1.165, 1.54) is 18.2 Å². The Morgan fingerprint density at radius 1 is 0.451 bits per heavy atom. The summed E-state index contributed by atoms with van der Waals surface area (Å²) in [6, 6.07) is 57.5. The average molecular weight is 709 g/mol. The van der Waals surface area contributed by atoms with E-state index in [1.54, 1.807) is 42.5 Å². The fourth-order valence-electron chi connectivity index (χ4n) is 6.65. The van der Waals surface area contributed by atoms with Crippen LogP contribution in [0.4, 0.5) is 0 Å². The standard InChI is InChI=1S/C43H32O6S2/c44-50(45,46)42-30-34(32-16-6-1-7-17-32)26-29-41(42)49-51(47,48)38-27-28-40(39(31-38)33-18-8-2-9-19-33)43(35-20-10-3-11-21-35,36-22-12-4-13-23-36)37-24-14-5-15-25-37/h1-31H,(H,44,45,46). The highest BCUT2D eigenvalue weighted by molar-refractivity contribution is 7.87. The largest absolute Gasteiger partial charge is 0.377 e. The Balaban J connectivity index is 1.44. The molecule has 0 fully saturated rings. The third kappa shape index (κ3) is 6.60. The van der Waals surface area contributed by atoms with E-state index in [0.717, 1.165) is 27.8 Å². The first-order chi connectivity index (χ1) is 24.7. The average Bonchev–Trinajstić information content (AvgIpc) is 3.17. The summed E-state index contributed by atoms with van der Waals surface area (Å²) in [4.78, 5) is -0.856. The first kappa shape index (κ1) is 33.7. The summed E-state index contributed by atoms with van der Waals surface area (Å²) >= 11 is 0. The Hall–Kier alpha value is -5.80. The molecule has 0 spiro atoms. The van der Waals surface area contributed by atoms with Gasteiger partial charge in [-0.2, -0.15) is 16.8 Å². The second kappa shape index (κ2) is 13.8. The van der Waals surface area contributed by atoms with E-state index in [-0.39, 0.29) is 4.90 Å². The summed E-state index contributed by atoms with van der Waals surface area (Å²) < 4.78 is 68.9. The highest BCUT2D eigenvalue weighted by Crippen LogP contribution is 2.49. The minimum atomic E-state index is -4.88. The molecule has 6 nitrogen and oxygen atoms in total. The summed E-state index contributed by atoms with van der Waals surface area (Å²) in [7, 11) is -9.51. The molecule has 0 saturated heterocycles. The summed E-state index contributed by atoms with van der Waals surface area (Å²) in [6.45, 7) is 0. The lowest BCUT2D eigenvalue weighted by molar-refractivity contribution is 0.463. The van der Waals surface area contributed by atoms with Crippen LogP contribution < -0.4 is 4.18 Å². The van der Waals surface area contributed by atoms with Crippen LogP contribution in [0.15, 0.2) is 198 Å². The third-order valence-corrected chi connectivity index (χ3v) is 11.0. The lowest BCUT2D eigenvalue weighted by atomic mass is 9.63. The predicted octanol–water partition coefficient (Wildman–Crippen LogP) is 9.42. The molecule has 7 aromatic rings. The van der Waals surface area contributed by atoms with Crippen molar-refractivity contribution in [1.29, 1.82) is 0 Å². The van der Waals surface area contributed by atoms with Gasteiger partial charge in [-0.15, -0.1) is 0 Å². The van der Waals surface area contributed by atoms with Crippen LogP contribution in [-0.4, -0.2) is 21.4 Å². The fraction of sp³-hybridized carbons (Fsp3) is 0.0233. The molecule has 0 radical (unpaired) electrons. The maximum absolute atomic E-state index is 14.1. The highest BCUT2D eigenvalue weighted by Gasteiger charge is 2.40. The van der Waals surface area contributed by atoms with Crippen molar-refractivity contribution in [1.82, 2.24) is 0 Å². The molecule has 0 bridgehead atoms. The van der Waals surface area contributed by atoms with Gasteiger partial charge in [-0.25, -0.2) is 0 Å². The molecule has 0 amide bonds. The highest BCUT2D eigenvalue weighted by atomic mass is 32.2. The van der Waals surface area contributed by atoms with Gasteiger partial charge in [-0.1, -0.05) is 164 Å². The van der Waals surface area contributed by atoms with Crippen LogP contribution in [0.5, 0.6) is 5.75 Å². The quantitative estimate of drug-likeness (QED) is 0.0864. The second-order valence-corrected chi connectivity index (χ2v) is 14.9. The molecule has 8 heteroatoms. The molecule has 0 saturated carbocycles. The van der Waals surface area contributed by atoms with Gasteiger partial charge in [0.15, 0.2) is 5.75 Å². The molecule has 0 heterocycles. The maximum atomic E-state index is 14.1. The van der Waals surface area contributed by atoms with E-state index in [1.807, 2.05) is 91.0 Å². The first-order valence-corrected chi connectivity index (χ1v) is 19.0. The molecule has 252 valence electrons. The van der Waals surface area contributed by atoms with Crippen LogP contribution in [0, 0.1) is 0 Å². The van der Waals surface area contributed by atoms with Gasteiger partial charge in [0.1, 0.15) is 9.79 Å². The lowest BCUT2D eigenvalue weighted by Gasteiger charge is -2.38. The zero-order valence-electron chi connectivity index (χ0n) is 27.2. The summed E-state index contributed by atoms with van der Waals surface area (Å²) in [5.74, 6) is -0.519. The van der Waals surface area contributed by atoms with Crippen LogP contribution >= 0.6 is 0 Å². The number of hydrogen-bond acceptors (Lipinski definition) is 5. The second-order valence-electron chi connectivity index (χ2n) is 12.0. The molecule has 0 unspecified atom stereocenters. The van der Waals surface area contributed by atoms with Gasteiger partial charge < -0.3 is 4.18 Å². The summed E-state index contributed by atoms with van der Waals surface area (Å²) in [5.41, 5.74) is 5.40. The number of benzene rings is 7. The van der Waals surface area contributed by atoms with Crippen molar-refractivity contribution < 1.29 is 25.6 Å². The lowest BCUT2D eigenvalue weighted by Crippen LogP contribution is -2.31. The number of rotatable bonds is 10. The SMILES string of the molecule is O=S(=O)(O)c1cc(-c2ccccc2)ccc1OS(=O)(=O)c1ccc(C(c2ccccc2)(c2ccccc2)c2ccccc2)c(-c2ccccc2)c1. The first-order valence-electron chi connectivity index (χ1n) is 16.2. The van der Waals surface area contributed by atoms with Crippen LogP contribution in [-0.2, 0) is 25.7 Å². The predicted molar refractivity (Wildman–Crippen MR) is 200 cm³/mol. The molecule has 51 heavy (non-hydrogen) atoms.